The predicted molar refractivity (Wildman–Crippen MR) is 87.7 cm³/mol. The van der Waals surface area contributed by atoms with Crippen molar-refractivity contribution in [2.45, 2.75) is 18.4 Å². The number of nitrogens with zero attached hydrogens (tertiary/aromatic N) is 2. The van der Waals surface area contributed by atoms with Crippen molar-refractivity contribution in [3.63, 3.8) is 0 Å². The van der Waals surface area contributed by atoms with E-state index in [2.05, 4.69) is 4.90 Å². The molecule has 1 unspecified atom stereocenters. The van der Waals surface area contributed by atoms with E-state index in [1.165, 1.54) is 0 Å². The normalized spacial score (nSPS) is 32.7. The highest BCUT2D eigenvalue weighted by molar-refractivity contribution is 7.14. The van der Waals surface area contributed by atoms with Crippen LogP contribution in [0.2, 0.25) is 0 Å². The minimum Gasteiger partial charge on any atom is -0.464 e. The molecule has 4 aliphatic rings. The minimum atomic E-state index is -0.305. The van der Waals surface area contributed by atoms with Crippen LogP contribution in [0.3, 0.4) is 0 Å². The lowest BCUT2D eigenvalue weighted by molar-refractivity contribution is -0.0881. The van der Waals surface area contributed by atoms with Crippen LogP contribution < -0.4 is 4.90 Å². The first-order chi connectivity index (χ1) is 11.2. The number of carbonyl (C=O) groups excluding carboxylic acids is 1. The Balaban J connectivity index is 1.43. The molecular formula is C17H18N2O3S. The highest BCUT2D eigenvalue weighted by Gasteiger charge is 2.55. The van der Waals surface area contributed by atoms with Gasteiger partial charge in [-0.3, -0.25) is 9.80 Å². The fourth-order valence-corrected chi connectivity index (χ4v) is 5.09. The molecule has 6 heterocycles. The Morgan fingerprint density at radius 1 is 1.26 bits per heavy atom. The van der Waals surface area contributed by atoms with Gasteiger partial charge in [0.1, 0.15) is 11.4 Å². The molecule has 2 aromatic rings. The summed E-state index contributed by atoms with van der Waals surface area (Å²) >= 11 is 1.59. The Morgan fingerprint density at radius 2 is 2.13 bits per heavy atom. The SMILES string of the molecule is O=C1OC2(CN3CCC2CC3)CN1c1csc(-c2ccco2)c1. The zero-order chi connectivity index (χ0) is 15.4. The van der Waals surface area contributed by atoms with Crippen molar-refractivity contribution in [1.82, 2.24) is 4.90 Å². The average molecular weight is 330 g/mol. The molecule has 5 nitrogen and oxygen atoms in total. The van der Waals surface area contributed by atoms with Gasteiger partial charge in [-0.15, -0.1) is 11.3 Å². The molecule has 4 saturated heterocycles. The number of anilines is 1. The van der Waals surface area contributed by atoms with Crippen molar-refractivity contribution in [3.8, 4) is 10.6 Å². The Morgan fingerprint density at radius 3 is 2.83 bits per heavy atom. The number of hydrogen-bond donors (Lipinski definition) is 0. The summed E-state index contributed by atoms with van der Waals surface area (Å²) < 4.78 is 11.4. The van der Waals surface area contributed by atoms with E-state index in [1.807, 2.05) is 23.6 Å². The van der Waals surface area contributed by atoms with Crippen molar-refractivity contribution in [1.29, 1.82) is 0 Å². The van der Waals surface area contributed by atoms with Crippen LogP contribution in [0.15, 0.2) is 34.3 Å². The molecule has 2 bridgehead atoms. The maximum atomic E-state index is 12.5. The number of furan rings is 1. The number of amides is 1. The topological polar surface area (TPSA) is 45.9 Å². The van der Waals surface area contributed by atoms with Crippen molar-refractivity contribution < 1.29 is 13.9 Å². The number of fused-ring (bicyclic) bond motifs is 2. The van der Waals surface area contributed by atoms with Gasteiger partial charge in [0.05, 0.1) is 23.4 Å². The van der Waals surface area contributed by atoms with Gasteiger partial charge in [-0.1, -0.05) is 0 Å². The Bertz CT molecular complexity index is 733. The van der Waals surface area contributed by atoms with Crippen molar-refractivity contribution in [2.75, 3.05) is 31.1 Å². The highest BCUT2D eigenvalue weighted by atomic mass is 32.1. The van der Waals surface area contributed by atoms with Gasteiger partial charge in [-0.05, 0) is 44.1 Å². The number of rotatable bonds is 2. The molecule has 0 radical (unpaired) electrons. The summed E-state index contributed by atoms with van der Waals surface area (Å²) in [6, 6.07) is 5.83. The standard InChI is InChI=1S/C17H18N2O3S/c20-16-19(13-8-15(23-9-13)14-2-1-7-21-14)11-17(22-16)10-18-5-3-12(17)4-6-18/h1-2,7-9,12H,3-6,10-11H2. The molecule has 6 rings (SSSR count). The summed E-state index contributed by atoms with van der Waals surface area (Å²) in [5, 5.41) is 2.01. The summed E-state index contributed by atoms with van der Waals surface area (Å²) in [6.07, 6.45) is 3.74. The molecule has 0 aliphatic carbocycles. The lowest BCUT2D eigenvalue weighted by atomic mass is 9.75. The second kappa shape index (κ2) is 4.85. The van der Waals surface area contributed by atoms with Crippen molar-refractivity contribution in [2.24, 2.45) is 5.92 Å². The molecule has 4 fully saturated rings. The van der Waals surface area contributed by atoms with Gasteiger partial charge in [-0.2, -0.15) is 0 Å². The number of piperidine rings is 3. The van der Waals surface area contributed by atoms with E-state index in [0.29, 0.717) is 12.5 Å². The molecule has 1 spiro atoms. The van der Waals surface area contributed by atoms with E-state index in [0.717, 1.165) is 48.8 Å². The van der Waals surface area contributed by atoms with Gasteiger partial charge >= 0.3 is 6.09 Å². The van der Waals surface area contributed by atoms with Crippen molar-refractivity contribution >= 4 is 23.1 Å². The maximum Gasteiger partial charge on any atom is 0.415 e. The lowest BCUT2D eigenvalue weighted by Gasteiger charge is -2.49. The Kier molecular flexibility index (Phi) is 2.87. The maximum absolute atomic E-state index is 12.5. The molecule has 1 atom stereocenters. The van der Waals surface area contributed by atoms with Crippen LogP contribution in [-0.4, -0.2) is 42.8 Å². The third kappa shape index (κ3) is 2.05. The van der Waals surface area contributed by atoms with E-state index in [-0.39, 0.29) is 11.7 Å². The number of carbonyl (C=O) groups is 1. The zero-order valence-electron chi connectivity index (χ0n) is 12.7. The van der Waals surface area contributed by atoms with E-state index in [4.69, 9.17) is 9.15 Å². The molecule has 0 N–H and O–H groups in total. The van der Waals surface area contributed by atoms with Gasteiger partial charge in [0.25, 0.3) is 0 Å². The number of hydrogen-bond acceptors (Lipinski definition) is 5. The first-order valence-corrected chi connectivity index (χ1v) is 8.97. The van der Waals surface area contributed by atoms with E-state index < -0.39 is 0 Å². The van der Waals surface area contributed by atoms with Crippen molar-refractivity contribution in [3.05, 3.63) is 29.8 Å². The first kappa shape index (κ1) is 13.6. The number of ether oxygens (including phenoxy) is 1. The van der Waals surface area contributed by atoms with Crippen LogP contribution in [0.25, 0.3) is 10.6 Å². The van der Waals surface area contributed by atoms with Gasteiger partial charge in [0, 0.05) is 17.8 Å². The van der Waals surface area contributed by atoms with Gasteiger partial charge in [0.2, 0.25) is 0 Å². The molecule has 1 amide bonds. The Hall–Kier alpha value is -1.79. The molecule has 0 aromatic carbocycles. The summed E-state index contributed by atoms with van der Waals surface area (Å²) in [4.78, 5) is 17.7. The fourth-order valence-electron chi connectivity index (χ4n) is 4.23. The van der Waals surface area contributed by atoms with Gasteiger partial charge in [0.15, 0.2) is 0 Å². The monoisotopic (exact) mass is 330 g/mol. The molecule has 2 aromatic heterocycles. The summed E-state index contributed by atoms with van der Waals surface area (Å²) in [5.74, 6) is 1.34. The fraction of sp³-hybridized carbons (Fsp3) is 0.471. The van der Waals surface area contributed by atoms with Crippen LogP contribution >= 0.6 is 11.3 Å². The largest absolute Gasteiger partial charge is 0.464 e. The van der Waals surface area contributed by atoms with E-state index >= 15 is 0 Å². The first-order valence-electron chi connectivity index (χ1n) is 8.09. The van der Waals surface area contributed by atoms with Crippen LogP contribution in [0, 0.1) is 5.92 Å². The minimum absolute atomic E-state index is 0.206. The number of thiophene rings is 1. The van der Waals surface area contributed by atoms with Crippen LogP contribution in [0.1, 0.15) is 12.8 Å². The second-order valence-corrected chi connectivity index (χ2v) is 7.63. The summed E-state index contributed by atoms with van der Waals surface area (Å²) in [5.41, 5.74) is 0.611. The Labute approximate surface area is 138 Å². The molecule has 6 heteroatoms. The third-order valence-corrected chi connectivity index (χ3v) is 6.35. The van der Waals surface area contributed by atoms with Crippen LogP contribution in [0.5, 0.6) is 0 Å². The molecule has 23 heavy (non-hydrogen) atoms. The lowest BCUT2D eigenvalue weighted by Crippen LogP contribution is -2.61. The highest BCUT2D eigenvalue weighted by Crippen LogP contribution is 2.44. The summed E-state index contributed by atoms with van der Waals surface area (Å²) in [7, 11) is 0. The van der Waals surface area contributed by atoms with Crippen LogP contribution in [-0.2, 0) is 4.74 Å². The average Bonchev–Trinajstić information content (AvgIpc) is 3.28. The molecular weight excluding hydrogens is 312 g/mol. The third-order valence-electron chi connectivity index (χ3n) is 5.42. The zero-order valence-corrected chi connectivity index (χ0v) is 13.6. The smallest absolute Gasteiger partial charge is 0.415 e. The molecule has 120 valence electrons. The van der Waals surface area contributed by atoms with Crippen LogP contribution in [0.4, 0.5) is 10.5 Å². The van der Waals surface area contributed by atoms with Gasteiger partial charge < -0.3 is 9.15 Å². The molecule has 4 aliphatic heterocycles. The predicted octanol–water partition coefficient (Wildman–Crippen LogP) is 3.43. The van der Waals surface area contributed by atoms with Gasteiger partial charge in [-0.25, -0.2) is 4.79 Å². The summed E-state index contributed by atoms with van der Waals surface area (Å²) in [6.45, 7) is 3.84. The van der Waals surface area contributed by atoms with E-state index in [1.54, 1.807) is 22.5 Å². The van der Waals surface area contributed by atoms with E-state index in [9.17, 15) is 4.79 Å². The quantitative estimate of drug-likeness (QED) is 0.846. The molecule has 0 saturated carbocycles. The second-order valence-electron chi connectivity index (χ2n) is 6.72.